The van der Waals surface area contributed by atoms with E-state index in [4.69, 9.17) is 4.74 Å². The number of nitrogens with one attached hydrogen (secondary N) is 1. The molecule has 82 valence electrons. The van der Waals surface area contributed by atoms with Crippen LogP contribution in [-0.2, 0) is 0 Å². The van der Waals surface area contributed by atoms with E-state index in [2.05, 4.69) is 5.32 Å². The van der Waals surface area contributed by atoms with Gasteiger partial charge in [0.25, 0.3) is 0 Å². The maximum Gasteiger partial charge on any atom is 0.130 e. The van der Waals surface area contributed by atoms with Crippen LogP contribution in [-0.4, -0.2) is 20.7 Å². The zero-order valence-electron chi connectivity index (χ0n) is 9.09. The van der Waals surface area contributed by atoms with E-state index in [9.17, 15) is 4.39 Å². The fourth-order valence-electron chi connectivity index (χ4n) is 1.21. The molecule has 2 nitrogen and oxygen atoms in total. The maximum atomic E-state index is 13.3. The predicted octanol–water partition coefficient (Wildman–Crippen LogP) is 2.46. The number of hydrogen-bond acceptors (Lipinski definition) is 2. The Morgan fingerprint density at radius 3 is 2.93 bits per heavy atom. The van der Waals surface area contributed by atoms with Gasteiger partial charge in [-0.15, -0.1) is 0 Å². The van der Waals surface area contributed by atoms with Crippen molar-refractivity contribution in [2.24, 2.45) is 0 Å². The Balaban J connectivity index is 2.70. The van der Waals surface area contributed by atoms with Crippen molar-refractivity contribution < 1.29 is 9.13 Å². The van der Waals surface area contributed by atoms with Crippen LogP contribution in [0.3, 0.4) is 0 Å². The van der Waals surface area contributed by atoms with Gasteiger partial charge in [-0.3, -0.25) is 0 Å². The lowest BCUT2D eigenvalue weighted by molar-refractivity contribution is 0.413. The Labute approximate surface area is 89.8 Å². The Bertz CT molecular complexity index is 336. The molecule has 1 rings (SSSR count). The summed E-state index contributed by atoms with van der Waals surface area (Å²) in [6, 6.07) is 4.71. The van der Waals surface area contributed by atoms with Gasteiger partial charge in [-0.1, -0.05) is 12.2 Å². The first kappa shape index (κ1) is 11.7. The van der Waals surface area contributed by atoms with Crippen LogP contribution in [0.2, 0.25) is 0 Å². The van der Waals surface area contributed by atoms with Crippen molar-refractivity contribution in [2.75, 3.05) is 20.7 Å². The second-order valence-corrected chi connectivity index (χ2v) is 3.18. The summed E-state index contributed by atoms with van der Waals surface area (Å²) in [4.78, 5) is 0. The van der Waals surface area contributed by atoms with Crippen molar-refractivity contribution in [1.82, 2.24) is 5.32 Å². The molecule has 0 heterocycles. The number of hydrogen-bond donors (Lipinski definition) is 1. The van der Waals surface area contributed by atoms with E-state index < -0.39 is 0 Å². The van der Waals surface area contributed by atoms with E-state index in [1.165, 1.54) is 6.07 Å². The first-order chi connectivity index (χ1) is 7.27. The average Bonchev–Trinajstić information content (AvgIpc) is 2.26. The van der Waals surface area contributed by atoms with Crippen LogP contribution in [0.25, 0.3) is 6.08 Å². The summed E-state index contributed by atoms with van der Waals surface area (Å²) in [5.41, 5.74) is 0.561. The molecule has 0 aliphatic heterocycles. The average molecular weight is 209 g/mol. The highest BCUT2D eigenvalue weighted by Gasteiger charge is 1.99. The summed E-state index contributed by atoms with van der Waals surface area (Å²) < 4.78 is 18.3. The van der Waals surface area contributed by atoms with Gasteiger partial charge in [0.1, 0.15) is 11.6 Å². The monoisotopic (exact) mass is 209 g/mol. The SMILES string of the molecule is CNCCC=Cc1cc(OC)ccc1F. The minimum Gasteiger partial charge on any atom is -0.497 e. The van der Waals surface area contributed by atoms with Gasteiger partial charge in [-0.2, -0.15) is 0 Å². The summed E-state index contributed by atoms with van der Waals surface area (Å²) in [6.45, 7) is 0.891. The van der Waals surface area contributed by atoms with E-state index in [1.807, 2.05) is 13.1 Å². The number of halogens is 1. The van der Waals surface area contributed by atoms with Crippen LogP contribution in [0.1, 0.15) is 12.0 Å². The van der Waals surface area contributed by atoms with Gasteiger partial charge < -0.3 is 10.1 Å². The predicted molar refractivity (Wildman–Crippen MR) is 60.5 cm³/mol. The molecule has 0 atom stereocenters. The number of methoxy groups -OCH3 is 1. The van der Waals surface area contributed by atoms with Crippen molar-refractivity contribution in [3.63, 3.8) is 0 Å². The first-order valence-electron chi connectivity index (χ1n) is 4.92. The molecule has 0 fully saturated rings. The summed E-state index contributed by atoms with van der Waals surface area (Å²) >= 11 is 0. The zero-order chi connectivity index (χ0) is 11.1. The van der Waals surface area contributed by atoms with Crippen LogP contribution in [0.4, 0.5) is 4.39 Å². The largest absolute Gasteiger partial charge is 0.497 e. The van der Waals surface area contributed by atoms with E-state index >= 15 is 0 Å². The quantitative estimate of drug-likeness (QED) is 0.752. The Morgan fingerprint density at radius 2 is 2.27 bits per heavy atom. The highest BCUT2D eigenvalue weighted by molar-refractivity contribution is 5.52. The van der Waals surface area contributed by atoms with Gasteiger partial charge >= 0.3 is 0 Å². The number of benzene rings is 1. The summed E-state index contributed by atoms with van der Waals surface area (Å²) in [7, 11) is 3.46. The second kappa shape index (κ2) is 6.19. The Hall–Kier alpha value is -1.35. The molecule has 0 spiro atoms. The third-order valence-corrected chi connectivity index (χ3v) is 2.06. The Kier molecular flexibility index (Phi) is 4.84. The molecule has 0 saturated carbocycles. The standard InChI is InChI=1S/C12H16FNO/c1-14-8-4-3-5-10-9-11(15-2)6-7-12(10)13/h3,5-7,9,14H,4,8H2,1-2H3. The topological polar surface area (TPSA) is 21.3 Å². The van der Waals surface area contributed by atoms with E-state index in [-0.39, 0.29) is 5.82 Å². The molecule has 0 aliphatic rings. The molecule has 15 heavy (non-hydrogen) atoms. The van der Waals surface area contributed by atoms with Crippen LogP contribution in [0.5, 0.6) is 5.75 Å². The summed E-state index contributed by atoms with van der Waals surface area (Å²) in [6.07, 6.45) is 4.59. The highest BCUT2D eigenvalue weighted by Crippen LogP contribution is 2.17. The van der Waals surface area contributed by atoms with Crippen molar-refractivity contribution in [3.8, 4) is 5.75 Å². The van der Waals surface area contributed by atoms with Gasteiger partial charge in [-0.05, 0) is 38.2 Å². The molecule has 1 aromatic carbocycles. The minimum absolute atomic E-state index is 0.225. The lowest BCUT2D eigenvalue weighted by Crippen LogP contribution is -2.05. The molecular weight excluding hydrogens is 193 g/mol. The van der Waals surface area contributed by atoms with Crippen molar-refractivity contribution in [2.45, 2.75) is 6.42 Å². The Morgan fingerprint density at radius 1 is 1.47 bits per heavy atom. The molecule has 3 heteroatoms. The van der Waals surface area contributed by atoms with Gasteiger partial charge in [0.2, 0.25) is 0 Å². The molecule has 0 radical (unpaired) electrons. The normalized spacial score (nSPS) is 10.9. The van der Waals surface area contributed by atoms with Crippen LogP contribution >= 0.6 is 0 Å². The third kappa shape index (κ3) is 3.72. The molecule has 0 bridgehead atoms. The molecule has 1 N–H and O–H groups in total. The van der Waals surface area contributed by atoms with Crippen LogP contribution in [0.15, 0.2) is 24.3 Å². The zero-order valence-corrected chi connectivity index (χ0v) is 9.09. The van der Waals surface area contributed by atoms with Gasteiger partial charge in [0, 0.05) is 5.56 Å². The lowest BCUT2D eigenvalue weighted by Gasteiger charge is -2.02. The van der Waals surface area contributed by atoms with Gasteiger partial charge in [0.15, 0.2) is 0 Å². The molecule has 0 amide bonds. The smallest absolute Gasteiger partial charge is 0.130 e. The van der Waals surface area contributed by atoms with Crippen molar-refractivity contribution in [1.29, 1.82) is 0 Å². The maximum absolute atomic E-state index is 13.3. The summed E-state index contributed by atoms with van der Waals surface area (Å²) in [5, 5.41) is 3.02. The second-order valence-electron chi connectivity index (χ2n) is 3.18. The third-order valence-electron chi connectivity index (χ3n) is 2.06. The van der Waals surface area contributed by atoms with E-state index in [0.717, 1.165) is 13.0 Å². The lowest BCUT2D eigenvalue weighted by atomic mass is 10.1. The molecule has 1 aromatic rings. The van der Waals surface area contributed by atoms with Crippen LogP contribution in [0, 0.1) is 5.82 Å². The van der Waals surface area contributed by atoms with Gasteiger partial charge in [0.05, 0.1) is 7.11 Å². The van der Waals surface area contributed by atoms with Crippen molar-refractivity contribution >= 4 is 6.08 Å². The molecule has 0 aromatic heterocycles. The van der Waals surface area contributed by atoms with Gasteiger partial charge in [-0.25, -0.2) is 4.39 Å². The number of ether oxygens (including phenoxy) is 1. The van der Waals surface area contributed by atoms with Crippen molar-refractivity contribution in [3.05, 3.63) is 35.7 Å². The highest BCUT2D eigenvalue weighted by atomic mass is 19.1. The molecule has 0 aliphatic carbocycles. The molecular formula is C12H16FNO. The van der Waals surface area contributed by atoms with E-state index in [1.54, 1.807) is 25.3 Å². The molecule has 0 saturated heterocycles. The van der Waals surface area contributed by atoms with Crippen LogP contribution < -0.4 is 10.1 Å². The minimum atomic E-state index is -0.225. The van der Waals surface area contributed by atoms with E-state index in [0.29, 0.717) is 11.3 Å². The fourth-order valence-corrected chi connectivity index (χ4v) is 1.21. The summed E-state index contributed by atoms with van der Waals surface area (Å²) in [5.74, 6) is 0.446. The first-order valence-corrected chi connectivity index (χ1v) is 4.92. The number of rotatable bonds is 5. The molecule has 0 unspecified atom stereocenters. The fraction of sp³-hybridized carbons (Fsp3) is 0.333.